The molecule has 0 spiro atoms. The van der Waals surface area contributed by atoms with Crippen molar-refractivity contribution in [1.82, 2.24) is 10.2 Å². The van der Waals surface area contributed by atoms with E-state index in [-0.39, 0.29) is 12.5 Å². The number of thiophene rings is 1. The predicted molar refractivity (Wildman–Crippen MR) is 106 cm³/mol. The minimum atomic E-state index is -0.707. The molecule has 0 radical (unpaired) electrons. The number of hydrogen-bond donors (Lipinski definition) is 1. The van der Waals surface area contributed by atoms with E-state index in [1.54, 1.807) is 0 Å². The van der Waals surface area contributed by atoms with Crippen molar-refractivity contribution >= 4 is 35.0 Å². The minimum absolute atomic E-state index is 0.0951. The third kappa shape index (κ3) is 4.22. The first-order chi connectivity index (χ1) is 14.0. The molecule has 7 nitrogen and oxygen atoms in total. The molecule has 1 N–H and O–H groups in total. The van der Waals surface area contributed by atoms with Crippen LogP contribution in [-0.4, -0.2) is 48.3 Å². The van der Waals surface area contributed by atoms with Gasteiger partial charge in [-0.1, -0.05) is 24.3 Å². The minimum Gasteiger partial charge on any atom is -0.451 e. The molecule has 2 aromatic rings. The SMILES string of the molecule is O=C(COC(=O)c1cc2c(s1)-c1ccccc1CC2)NC(=O)CN1CCCC1=O. The number of carbonyl (C=O) groups excluding carboxylic acids is 4. The van der Waals surface area contributed by atoms with Gasteiger partial charge in [0.2, 0.25) is 11.8 Å². The lowest BCUT2D eigenvalue weighted by Gasteiger charge is -2.15. The van der Waals surface area contributed by atoms with Crippen molar-refractivity contribution in [2.75, 3.05) is 19.7 Å². The number of benzene rings is 1. The summed E-state index contributed by atoms with van der Waals surface area (Å²) in [6.07, 6.45) is 2.93. The molecule has 1 aliphatic carbocycles. The summed E-state index contributed by atoms with van der Waals surface area (Å²) in [5.74, 6) is -1.97. The summed E-state index contributed by atoms with van der Waals surface area (Å²) in [6.45, 7) is -0.186. The Bertz CT molecular complexity index is 997. The fraction of sp³-hybridized carbons (Fsp3) is 0.333. The first kappa shape index (κ1) is 19.3. The van der Waals surface area contributed by atoms with Crippen LogP contribution in [0.25, 0.3) is 10.4 Å². The number of rotatable bonds is 5. The number of hydrogen-bond acceptors (Lipinski definition) is 6. The summed E-state index contributed by atoms with van der Waals surface area (Å²) in [5.41, 5.74) is 3.50. The summed E-state index contributed by atoms with van der Waals surface area (Å²) < 4.78 is 5.07. The summed E-state index contributed by atoms with van der Waals surface area (Å²) in [6, 6.07) is 9.94. The second-order valence-corrected chi connectivity index (χ2v) is 8.14. The number of amides is 3. The molecule has 0 bridgehead atoms. The van der Waals surface area contributed by atoms with E-state index in [4.69, 9.17) is 4.74 Å². The van der Waals surface area contributed by atoms with Crippen LogP contribution in [0, 0.1) is 0 Å². The van der Waals surface area contributed by atoms with Crippen molar-refractivity contribution in [3.63, 3.8) is 0 Å². The van der Waals surface area contributed by atoms with Crippen LogP contribution in [0.5, 0.6) is 0 Å². The molecule has 0 unspecified atom stereocenters. The fourth-order valence-corrected chi connectivity index (χ4v) is 4.81. The van der Waals surface area contributed by atoms with E-state index in [1.807, 2.05) is 24.3 Å². The predicted octanol–water partition coefficient (Wildman–Crippen LogP) is 1.94. The molecule has 1 saturated heterocycles. The van der Waals surface area contributed by atoms with Crippen LogP contribution in [0.3, 0.4) is 0 Å². The number of aryl methyl sites for hydroxylation is 2. The second-order valence-electron chi connectivity index (χ2n) is 7.09. The van der Waals surface area contributed by atoms with Crippen LogP contribution < -0.4 is 5.32 Å². The maximum Gasteiger partial charge on any atom is 0.348 e. The molecule has 3 amide bonds. The van der Waals surface area contributed by atoms with E-state index >= 15 is 0 Å². The van der Waals surface area contributed by atoms with E-state index in [9.17, 15) is 19.2 Å². The van der Waals surface area contributed by atoms with Gasteiger partial charge < -0.3 is 9.64 Å². The zero-order valence-corrected chi connectivity index (χ0v) is 16.5. The Morgan fingerprint density at radius 1 is 1.07 bits per heavy atom. The molecule has 1 aromatic heterocycles. The average Bonchev–Trinajstić information content (AvgIpc) is 3.32. The molecule has 1 aliphatic heterocycles. The Labute approximate surface area is 171 Å². The van der Waals surface area contributed by atoms with Crippen molar-refractivity contribution in [2.24, 2.45) is 0 Å². The number of esters is 1. The molecule has 2 heterocycles. The summed E-state index contributed by atoms with van der Waals surface area (Å²) in [5, 5.41) is 2.15. The fourth-order valence-electron chi connectivity index (χ4n) is 3.65. The van der Waals surface area contributed by atoms with Gasteiger partial charge in [0.15, 0.2) is 6.61 Å². The third-order valence-electron chi connectivity index (χ3n) is 5.05. The lowest BCUT2D eigenvalue weighted by Crippen LogP contribution is -2.42. The highest BCUT2D eigenvalue weighted by atomic mass is 32.1. The normalized spacial score (nSPS) is 14.9. The smallest absolute Gasteiger partial charge is 0.348 e. The summed E-state index contributed by atoms with van der Waals surface area (Å²) in [7, 11) is 0. The van der Waals surface area contributed by atoms with Crippen LogP contribution in [0.2, 0.25) is 0 Å². The topological polar surface area (TPSA) is 92.8 Å². The zero-order chi connectivity index (χ0) is 20.4. The number of nitrogens with one attached hydrogen (secondary N) is 1. The number of imide groups is 1. The molecule has 8 heteroatoms. The van der Waals surface area contributed by atoms with Crippen molar-refractivity contribution in [1.29, 1.82) is 0 Å². The van der Waals surface area contributed by atoms with E-state index < -0.39 is 24.4 Å². The van der Waals surface area contributed by atoms with E-state index in [1.165, 1.54) is 21.8 Å². The monoisotopic (exact) mass is 412 g/mol. The Balaban J connectivity index is 1.31. The number of fused-ring (bicyclic) bond motifs is 3. The van der Waals surface area contributed by atoms with Crippen molar-refractivity contribution in [3.05, 3.63) is 46.3 Å². The molecule has 4 rings (SSSR count). The van der Waals surface area contributed by atoms with Crippen molar-refractivity contribution in [3.8, 4) is 10.4 Å². The molecule has 0 saturated carbocycles. The Hall–Kier alpha value is -3.00. The molecular weight excluding hydrogens is 392 g/mol. The largest absolute Gasteiger partial charge is 0.451 e. The Kier molecular flexibility index (Phi) is 5.44. The number of carbonyl (C=O) groups is 4. The van der Waals surface area contributed by atoms with Gasteiger partial charge in [0, 0.05) is 17.8 Å². The van der Waals surface area contributed by atoms with E-state index in [0.29, 0.717) is 24.3 Å². The molecule has 2 aliphatic rings. The van der Waals surface area contributed by atoms with Crippen LogP contribution in [0.15, 0.2) is 30.3 Å². The van der Waals surface area contributed by atoms with Crippen LogP contribution in [0.4, 0.5) is 0 Å². The number of likely N-dealkylation sites (tertiary alicyclic amines) is 1. The van der Waals surface area contributed by atoms with Gasteiger partial charge in [0.25, 0.3) is 5.91 Å². The van der Waals surface area contributed by atoms with Gasteiger partial charge in [-0.3, -0.25) is 19.7 Å². The van der Waals surface area contributed by atoms with Gasteiger partial charge in [-0.15, -0.1) is 11.3 Å². The van der Waals surface area contributed by atoms with Crippen LogP contribution in [0.1, 0.15) is 33.6 Å². The van der Waals surface area contributed by atoms with E-state index in [0.717, 1.165) is 28.8 Å². The van der Waals surface area contributed by atoms with Gasteiger partial charge in [-0.25, -0.2) is 4.79 Å². The number of nitrogens with zero attached hydrogens (tertiary/aromatic N) is 1. The molecule has 1 aromatic carbocycles. The van der Waals surface area contributed by atoms with Gasteiger partial charge in [-0.05, 0) is 42.0 Å². The Morgan fingerprint density at radius 3 is 2.66 bits per heavy atom. The van der Waals surface area contributed by atoms with Gasteiger partial charge in [0.05, 0.1) is 6.54 Å². The third-order valence-corrected chi connectivity index (χ3v) is 6.25. The van der Waals surface area contributed by atoms with Crippen molar-refractivity contribution in [2.45, 2.75) is 25.7 Å². The first-order valence-electron chi connectivity index (χ1n) is 9.50. The maximum absolute atomic E-state index is 12.4. The first-order valence-corrected chi connectivity index (χ1v) is 10.3. The van der Waals surface area contributed by atoms with Gasteiger partial charge in [0.1, 0.15) is 4.88 Å². The molecule has 0 atom stereocenters. The standard InChI is InChI=1S/C21H20N2O5S/c24-17(11-23-9-3-6-19(23)26)22-18(25)12-28-21(27)16-10-14-8-7-13-4-1-2-5-15(13)20(14)29-16/h1-2,4-5,10H,3,6-9,11-12H2,(H,22,24,25). The molecule has 150 valence electrons. The highest BCUT2D eigenvalue weighted by Gasteiger charge is 2.24. The number of ether oxygens (including phenoxy) is 1. The van der Waals surface area contributed by atoms with Gasteiger partial charge >= 0.3 is 5.97 Å². The van der Waals surface area contributed by atoms with Crippen LogP contribution >= 0.6 is 11.3 Å². The highest BCUT2D eigenvalue weighted by molar-refractivity contribution is 7.17. The summed E-state index contributed by atoms with van der Waals surface area (Å²) in [4.78, 5) is 50.5. The molecule has 1 fully saturated rings. The molecule has 29 heavy (non-hydrogen) atoms. The van der Waals surface area contributed by atoms with E-state index in [2.05, 4.69) is 11.4 Å². The second kappa shape index (κ2) is 8.16. The maximum atomic E-state index is 12.4. The lowest BCUT2D eigenvalue weighted by molar-refractivity contribution is -0.137. The molecular formula is C21H20N2O5S. The van der Waals surface area contributed by atoms with Crippen molar-refractivity contribution < 1.29 is 23.9 Å². The highest BCUT2D eigenvalue weighted by Crippen LogP contribution is 2.39. The zero-order valence-electron chi connectivity index (χ0n) is 15.7. The summed E-state index contributed by atoms with van der Waals surface area (Å²) >= 11 is 1.36. The van der Waals surface area contributed by atoms with Crippen LogP contribution in [-0.2, 0) is 32.0 Å². The quantitative estimate of drug-likeness (QED) is 0.758. The van der Waals surface area contributed by atoms with Gasteiger partial charge in [-0.2, -0.15) is 0 Å². The average molecular weight is 412 g/mol. The Morgan fingerprint density at radius 2 is 1.86 bits per heavy atom. The lowest BCUT2D eigenvalue weighted by atomic mass is 9.91.